The Balaban J connectivity index is 1.98. The van der Waals surface area contributed by atoms with E-state index in [2.05, 4.69) is 0 Å². The average Bonchev–Trinajstić information content (AvgIpc) is 3.06. The Morgan fingerprint density at radius 1 is 1.29 bits per heavy atom. The van der Waals surface area contributed by atoms with Crippen LogP contribution in [0.1, 0.15) is 9.67 Å². The summed E-state index contributed by atoms with van der Waals surface area (Å²) >= 11 is 1.37. The maximum atomic E-state index is 12.6. The standard InChI is InChI=1S/C15H13NO4S/c1-19-15(18)12-9-16(14(17)13-7-4-8-21-13)10-5-2-3-6-11(10)20-12/h2-8,12H,9H2,1H3/t12-/m1/s1. The largest absolute Gasteiger partial charge is 0.475 e. The monoisotopic (exact) mass is 303 g/mol. The third-order valence-corrected chi connectivity index (χ3v) is 4.07. The van der Waals surface area contributed by atoms with Gasteiger partial charge in [0, 0.05) is 0 Å². The molecule has 3 rings (SSSR count). The van der Waals surface area contributed by atoms with E-state index in [0.29, 0.717) is 16.3 Å². The van der Waals surface area contributed by atoms with Crippen LogP contribution in [0.2, 0.25) is 0 Å². The lowest BCUT2D eigenvalue weighted by Crippen LogP contribution is -2.47. The van der Waals surface area contributed by atoms with Crippen LogP contribution in [0.5, 0.6) is 5.75 Å². The maximum absolute atomic E-state index is 12.6. The zero-order valence-electron chi connectivity index (χ0n) is 11.3. The van der Waals surface area contributed by atoms with Gasteiger partial charge in [0.05, 0.1) is 24.2 Å². The molecule has 0 bridgehead atoms. The lowest BCUT2D eigenvalue weighted by molar-refractivity contribution is -0.148. The van der Waals surface area contributed by atoms with Gasteiger partial charge in [-0.3, -0.25) is 9.69 Å². The summed E-state index contributed by atoms with van der Waals surface area (Å²) in [6, 6.07) is 10.7. The fraction of sp³-hybridized carbons (Fsp3) is 0.200. The molecule has 1 aliphatic heterocycles. The van der Waals surface area contributed by atoms with E-state index in [0.717, 1.165) is 0 Å². The second kappa shape index (κ2) is 5.57. The third kappa shape index (κ3) is 2.50. The summed E-state index contributed by atoms with van der Waals surface area (Å²) in [6.45, 7) is 0.139. The van der Waals surface area contributed by atoms with E-state index in [1.165, 1.54) is 18.4 Å². The fourth-order valence-electron chi connectivity index (χ4n) is 2.21. The Morgan fingerprint density at radius 2 is 2.10 bits per heavy atom. The number of carbonyl (C=O) groups excluding carboxylic acids is 2. The minimum atomic E-state index is -0.811. The topological polar surface area (TPSA) is 55.8 Å². The van der Waals surface area contributed by atoms with Gasteiger partial charge in [-0.25, -0.2) is 4.79 Å². The molecule has 1 amide bonds. The summed E-state index contributed by atoms with van der Waals surface area (Å²) in [7, 11) is 1.30. The number of ether oxygens (including phenoxy) is 2. The van der Waals surface area contributed by atoms with Gasteiger partial charge >= 0.3 is 5.97 Å². The highest BCUT2D eigenvalue weighted by molar-refractivity contribution is 7.12. The minimum absolute atomic E-state index is 0.139. The number of thiophene rings is 1. The minimum Gasteiger partial charge on any atom is -0.475 e. The van der Waals surface area contributed by atoms with Gasteiger partial charge in [0.25, 0.3) is 5.91 Å². The Labute approximate surface area is 125 Å². The van der Waals surface area contributed by atoms with E-state index >= 15 is 0 Å². The molecule has 108 valence electrons. The van der Waals surface area contributed by atoms with Crippen molar-refractivity contribution < 1.29 is 19.1 Å². The molecule has 0 fully saturated rings. The van der Waals surface area contributed by atoms with Crippen molar-refractivity contribution in [1.82, 2.24) is 0 Å². The van der Waals surface area contributed by atoms with E-state index in [9.17, 15) is 9.59 Å². The second-order valence-corrected chi connectivity index (χ2v) is 5.44. The van der Waals surface area contributed by atoms with Crippen molar-refractivity contribution in [2.75, 3.05) is 18.6 Å². The zero-order chi connectivity index (χ0) is 14.8. The average molecular weight is 303 g/mol. The third-order valence-electron chi connectivity index (χ3n) is 3.21. The molecule has 2 heterocycles. The van der Waals surface area contributed by atoms with Gasteiger partial charge in [0.1, 0.15) is 5.75 Å². The van der Waals surface area contributed by atoms with Gasteiger partial charge < -0.3 is 9.47 Å². The Kier molecular flexibility index (Phi) is 3.62. The molecule has 1 atom stereocenters. The second-order valence-electron chi connectivity index (χ2n) is 4.49. The predicted molar refractivity (Wildman–Crippen MR) is 78.9 cm³/mol. The number of rotatable bonds is 2. The molecule has 0 spiro atoms. The first-order valence-electron chi connectivity index (χ1n) is 6.39. The number of nitrogens with zero attached hydrogens (tertiary/aromatic N) is 1. The predicted octanol–water partition coefficient (Wildman–Crippen LogP) is 2.33. The van der Waals surface area contributed by atoms with Gasteiger partial charge in [-0.05, 0) is 23.6 Å². The SMILES string of the molecule is COC(=O)[C@H]1CN(C(=O)c2cccs2)c2ccccc2O1. The molecule has 0 saturated heterocycles. The molecule has 0 radical (unpaired) electrons. The first kappa shape index (κ1) is 13.6. The molecule has 0 saturated carbocycles. The lowest BCUT2D eigenvalue weighted by Gasteiger charge is -2.33. The van der Waals surface area contributed by atoms with Crippen molar-refractivity contribution in [2.24, 2.45) is 0 Å². The molecule has 6 heteroatoms. The molecule has 0 aliphatic carbocycles. The summed E-state index contributed by atoms with van der Waals surface area (Å²) in [5, 5.41) is 1.84. The van der Waals surface area contributed by atoms with Crippen molar-refractivity contribution in [3.63, 3.8) is 0 Å². The maximum Gasteiger partial charge on any atom is 0.348 e. The van der Waals surface area contributed by atoms with Crippen LogP contribution < -0.4 is 9.64 Å². The van der Waals surface area contributed by atoms with Crippen molar-refractivity contribution >= 4 is 28.9 Å². The number of hydrogen-bond acceptors (Lipinski definition) is 5. The van der Waals surface area contributed by atoms with E-state index in [1.54, 1.807) is 29.2 Å². The summed E-state index contributed by atoms with van der Waals surface area (Å²) in [5.41, 5.74) is 0.663. The molecule has 1 aromatic heterocycles. The van der Waals surface area contributed by atoms with Crippen LogP contribution in [0.3, 0.4) is 0 Å². The number of methoxy groups -OCH3 is 1. The molecule has 2 aromatic rings. The van der Waals surface area contributed by atoms with E-state index in [4.69, 9.17) is 9.47 Å². The van der Waals surface area contributed by atoms with Gasteiger partial charge in [0.2, 0.25) is 6.10 Å². The fourth-order valence-corrected chi connectivity index (χ4v) is 2.89. The van der Waals surface area contributed by atoms with Crippen LogP contribution in [-0.4, -0.2) is 31.6 Å². The molecular weight excluding hydrogens is 290 g/mol. The van der Waals surface area contributed by atoms with E-state index in [-0.39, 0.29) is 12.5 Å². The quantitative estimate of drug-likeness (QED) is 0.799. The molecule has 1 aromatic carbocycles. The van der Waals surface area contributed by atoms with Crippen LogP contribution >= 0.6 is 11.3 Å². The first-order valence-corrected chi connectivity index (χ1v) is 7.27. The number of anilines is 1. The van der Waals surface area contributed by atoms with E-state index < -0.39 is 12.1 Å². The van der Waals surface area contributed by atoms with Crippen molar-refractivity contribution in [3.8, 4) is 5.75 Å². The smallest absolute Gasteiger partial charge is 0.348 e. The number of esters is 1. The van der Waals surface area contributed by atoms with Crippen LogP contribution in [0, 0.1) is 0 Å². The van der Waals surface area contributed by atoms with Crippen molar-refractivity contribution in [1.29, 1.82) is 0 Å². The molecule has 5 nitrogen and oxygen atoms in total. The molecule has 0 unspecified atom stereocenters. The van der Waals surface area contributed by atoms with Crippen LogP contribution in [0.4, 0.5) is 5.69 Å². The number of fused-ring (bicyclic) bond motifs is 1. The van der Waals surface area contributed by atoms with Crippen LogP contribution in [-0.2, 0) is 9.53 Å². The van der Waals surface area contributed by atoms with Crippen molar-refractivity contribution in [2.45, 2.75) is 6.10 Å². The number of amides is 1. The summed E-state index contributed by atoms with van der Waals surface area (Å²) in [4.78, 5) is 26.5. The Bertz CT molecular complexity index is 668. The zero-order valence-corrected chi connectivity index (χ0v) is 12.1. The number of benzene rings is 1. The van der Waals surface area contributed by atoms with Crippen LogP contribution in [0.25, 0.3) is 0 Å². The van der Waals surface area contributed by atoms with Gasteiger partial charge in [-0.2, -0.15) is 0 Å². The van der Waals surface area contributed by atoms with Gasteiger partial charge in [-0.1, -0.05) is 18.2 Å². The summed E-state index contributed by atoms with van der Waals surface area (Å²) in [6.07, 6.45) is -0.811. The molecule has 1 aliphatic rings. The lowest BCUT2D eigenvalue weighted by atomic mass is 10.1. The number of hydrogen-bond donors (Lipinski definition) is 0. The molecule has 21 heavy (non-hydrogen) atoms. The van der Waals surface area contributed by atoms with Gasteiger partial charge in [-0.15, -0.1) is 11.3 Å². The highest BCUT2D eigenvalue weighted by atomic mass is 32.1. The highest BCUT2D eigenvalue weighted by Crippen LogP contribution is 2.34. The molecule has 0 N–H and O–H groups in total. The first-order chi connectivity index (χ1) is 10.2. The Hall–Kier alpha value is -2.34. The summed E-state index contributed by atoms with van der Waals surface area (Å²) in [5.74, 6) is -0.132. The van der Waals surface area contributed by atoms with E-state index in [1.807, 2.05) is 17.5 Å². The normalized spacial score (nSPS) is 16.8. The highest BCUT2D eigenvalue weighted by Gasteiger charge is 2.34. The van der Waals surface area contributed by atoms with Gasteiger partial charge in [0.15, 0.2) is 0 Å². The number of para-hydroxylation sites is 2. The molecular formula is C15H13NO4S. The Morgan fingerprint density at radius 3 is 2.81 bits per heavy atom. The summed E-state index contributed by atoms with van der Waals surface area (Å²) < 4.78 is 10.3. The van der Waals surface area contributed by atoms with Crippen LogP contribution in [0.15, 0.2) is 41.8 Å². The van der Waals surface area contributed by atoms with Crippen molar-refractivity contribution in [3.05, 3.63) is 46.7 Å². The number of carbonyl (C=O) groups is 2.